The number of carboxylic acids is 1. The summed E-state index contributed by atoms with van der Waals surface area (Å²) in [5, 5.41) is 11.8. The average Bonchev–Trinajstić information content (AvgIpc) is 3.06. The van der Waals surface area contributed by atoms with Crippen LogP contribution in [0.3, 0.4) is 0 Å². The molecular weight excluding hydrogens is 338 g/mol. The minimum Gasteiger partial charge on any atom is -0.478 e. The number of furan rings is 1. The molecule has 0 bridgehead atoms. The van der Waals surface area contributed by atoms with E-state index in [1.54, 1.807) is 24.3 Å². The van der Waals surface area contributed by atoms with Gasteiger partial charge in [0.1, 0.15) is 20.8 Å². The van der Waals surface area contributed by atoms with Crippen LogP contribution in [0.2, 0.25) is 0 Å². The largest absolute Gasteiger partial charge is 0.478 e. The summed E-state index contributed by atoms with van der Waals surface area (Å²) >= 11 is 11.6. The SMILES string of the molecule is O=C(O)c1ccc(-c2ccc(C=C3SC(=S)NC3=S)o2)cc1. The summed E-state index contributed by atoms with van der Waals surface area (Å²) < 4.78 is 6.38. The Morgan fingerprint density at radius 2 is 1.91 bits per heavy atom. The van der Waals surface area contributed by atoms with Crippen LogP contribution in [-0.4, -0.2) is 20.4 Å². The standard InChI is InChI=1S/C15H9NO3S3/c17-14(18)9-3-1-8(2-4-9)11-6-5-10(19-11)7-12-13(20)16-15(21)22-12/h1-7H,(H,17,18)(H,16,20,21). The lowest BCUT2D eigenvalue weighted by molar-refractivity contribution is 0.0697. The Hall–Kier alpha value is -1.96. The zero-order chi connectivity index (χ0) is 15.7. The summed E-state index contributed by atoms with van der Waals surface area (Å²) in [4.78, 5) is 12.3. The van der Waals surface area contributed by atoms with Crippen LogP contribution < -0.4 is 5.32 Å². The molecule has 7 heteroatoms. The van der Waals surface area contributed by atoms with Crippen molar-refractivity contribution in [2.24, 2.45) is 0 Å². The van der Waals surface area contributed by atoms with E-state index in [4.69, 9.17) is 34.0 Å². The van der Waals surface area contributed by atoms with E-state index in [-0.39, 0.29) is 5.56 Å². The number of hydrogen-bond acceptors (Lipinski definition) is 5. The number of thioether (sulfide) groups is 1. The van der Waals surface area contributed by atoms with Gasteiger partial charge in [-0.05, 0) is 30.3 Å². The zero-order valence-electron chi connectivity index (χ0n) is 11.0. The molecule has 3 rings (SSSR count). The topological polar surface area (TPSA) is 62.5 Å². The molecule has 0 saturated carbocycles. The third-order valence-electron chi connectivity index (χ3n) is 2.96. The first-order chi connectivity index (χ1) is 10.5. The summed E-state index contributed by atoms with van der Waals surface area (Å²) in [5.74, 6) is 0.369. The van der Waals surface area contributed by atoms with Crippen LogP contribution in [0, 0.1) is 0 Å². The fourth-order valence-electron chi connectivity index (χ4n) is 1.91. The zero-order valence-corrected chi connectivity index (χ0v) is 13.5. The van der Waals surface area contributed by atoms with Crippen LogP contribution in [0.15, 0.2) is 45.7 Å². The first-order valence-corrected chi connectivity index (χ1v) is 7.84. The van der Waals surface area contributed by atoms with Crippen LogP contribution in [0.4, 0.5) is 0 Å². The van der Waals surface area contributed by atoms with Gasteiger partial charge in [0, 0.05) is 5.56 Å². The third-order valence-corrected chi connectivity index (χ3v) is 4.59. The quantitative estimate of drug-likeness (QED) is 0.644. The Bertz CT molecular complexity index is 806. The highest BCUT2D eigenvalue weighted by Gasteiger charge is 2.19. The van der Waals surface area contributed by atoms with E-state index in [1.165, 1.54) is 11.8 Å². The summed E-state index contributed by atoms with van der Waals surface area (Å²) in [6, 6.07) is 10.2. The number of hydrogen-bond donors (Lipinski definition) is 2. The van der Waals surface area contributed by atoms with Crippen molar-refractivity contribution in [3.8, 4) is 11.3 Å². The highest BCUT2D eigenvalue weighted by molar-refractivity contribution is 8.27. The Kier molecular flexibility index (Phi) is 4.10. The van der Waals surface area contributed by atoms with Crippen molar-refractivity contribution in [1.82, 2.24) is 5.32 Å². The maximum atomic E-state index is 10.8. The maximum Gasteiger partial charge on any atom is 0.335 e. The fourth-order valence-corrected chi connectivity index (χ4v) is 3.37. The van der Waals surface area contributed by atoms with E-state index >= 15 is 0 Å². The molecule has 1 fully saturated rings. The molecular formula is C15H9NO3S3. The second-order valence-corrected chi connectivity index (χ2v) is 6.56. The Balaban J connectivity index is 1.85. The first-order valence-electron chi connectivity index (χ1n) is 6.21. The lowest BCUT2D eigenvalue weighted by Crippen LogP contribution is -2.15. The predicted molar refractivity (Wildman–Crippen MR) is 95.0 cm³/mol. The molecule has 1 aromatic carbocycles. The molecule has 0 spiro atoms. The van der Waals surface area contributed by atoms with E-state index in [0.29, 0.717) is 20.8 Å². The van der Waals surface area contributed by atoms with E-state index in [0.717, 1.165) is 10.5 Å². The molecule has 2 N–H and O–H groups in total. The van der Waals surface area contributed by atoms with Gasteiger partial charge in [0.2, 0.25) is 0 Å². The van der Waals surface area contributed by atoms with Gasteiger partial charge in [0.05, 0.1) is 10.5 Å². The molecule has 1 aromatic heterocycles. The van der Waals surface area contributed by atoms with Crippen LogP contribution in [0.1, 0.15) is 16.1 Å². The lowest BCUT2D eigenvalue weighted by atomic mass is 10.1. The van der Waals surface area contributed by atoms with Crippen molar-refractivity contribution in [2.45, 2.75) is 0 Å². The van der Waals surface area contributed by atoms with E-state index in [1.807, 2.05) is 18.2 Å². The van der Waals surface area contributed by atoms with Gasteiger partial charge in [-0.15, -0.1) is 0 Å². The van der Waals surface area contributed by atoms with Crippen molar-refractivity contribution in [3.63, 3.8) is 0 Å². The van der Waals surface area contributed by atoms with Gasteiger partial charge in [0.15, 0.2) is 0 Å². The summed E-state index contributed by atoms with van der Waals surface area (Å²) in [5.41, 5.74) is 1.05. The number of carboxylic acid groups (broad SMARTS) is 1. The van der Waals surface area contributed by atoms with Gasteiger partial charge in [0.25, 0.3) is 0 Å². The number of thiocarbonyl (C=S) groups is 2. The van der Waals surface area contributed by atoms with Gasteiger partial charge in [-0.1, -0.05) is 48.3 Å². The van der Waals surface area contributed by atoms with Gasteiger partial charge in [-0.3, -0.25) is 0 Å². The highest BCUT2D eigenvalue weighted by Crippen LogP contribution is 2.29. The van der Waals surface area contributed by atoms with Crippen LogP contribution >= 0.6 is 36.2 Å². The number of rotatable bonds is 3. The van der Waals surface area contributed by atoms with Gasteiger partial charge in [-0.25, -0.2) is 4.79 Å². The smallest absolute Gasteiger partial charge is 0.335 e. The predicted octanol–water partition coefficient (Wildman–Crippen LogP) is 3.93. The van der Waals surface area contributed by atoms with Gasteiger partial charge < -0.3 is 14.8 Å². The highest BCUT2D eigenvalue weighted by atomic mass is 32.2. The molecule has 1 aliphatic heterocycles. The Morgan fingerprint density at radius 3 is 2.50 bits per heavy atom. The van der Waals surface area contributed by atoms with E-state index < -0.39 is 5.97 Å². The molecule has 2 heterocycles. The molecule has 1 saturated heterocycles. The number of aromatic carboxylic acids is 1. The van der Waals surface area contributed by atoms with Crippen LogP contribution in [0.5, 0.6) is 0 Å². The summed E-state index contributed by atoms with van der Waals surface area (Å²) in [6.07, 6.45) is 1.83. The average molecular weight is 347 g/mol. The molecule has 1 aliphatic rings. The number of carbonyl (C=O) groups is 1. The van der Waals surface area contributed by atoms with Crippen LogP contribution in [0.25, 0.3) is 17.4 Å². The molecule has 2 aromatic rings. The van der Waals surface area contributed by atoms with Gasteiger partial charge in [-0.2, -0.15) is 0 Å². The fraction of sp³-hybridized carbons (Fsp3) is 0. The van der Waals surface area contributed by atoms with Crippen molar-refractivity contribution >= 4 is 57.6 Å². The molecule has 0 unspecified atom stereocenters. The van der Waals surface area contributed by atoms with Crippen molar-refractivity contribution in [3.05, 3.63) is 52.6 Å². The van der Waals surface area contributed by atoms with Crippen LogP contribution in [-0.2, 0) is 0 Å². The van der Waals surface area contributed by atoms with Crippen molar-refractivity contribution in [2.75, 3.05) is 0 Å². The number of benzene rings is 1. The van der Waals surface area contributed by atoms with E-state index in [2.05, 4.69) is 5.32 Å². The second kappa shape index (κ2) is 6.04. The maximum absolute atomic E-state index is 10.8. The Morgan fingerprint density at radius 1 is 1.18 bits per heavy atom. The van der Waals surface area contributed by atoms with Crippen molar-refractivity contribution in [1.29, 1.82) is 0 Å². The molecule has 110 valence electrons. The van der Waals surface area contributed by atoms with Gasteiger partial charge >= 0.3 is 5.97 Å². The van der Waals surface area contributed by atoms with Crippen molar-refractivity contribution < 1.29 is 14.3 Å². The molecule has 0 amide bonds. The molecule has 0 atom stereocenters. The lowest BCUT2D eigenvalue weighted by Gasteiger charge is -1.98. The summed E-state index contributed by atoms with van der Waals surface area (Å²) in [7, 11) is 0. The Labute approximate surface area is 141 Å². The summed E-state index contributed by atoms with van der Waals surface area (Å²) in [6.45, 7) is 0. The third kappa shape index (κ3) is 3.11. The minimum atomic E-state index is -0.952. The minimum absolute atomic E-state index is 0.241. The molecule has 0 radical (unpaired) electrons. The first kappa shape index (κ1) is 15.0. The molecule has 4 nitrogen and oxygen atoms in total. The molecule has 22 heavy (non-hydrogen) atoms. The monoisotopic (exact) mass is 347 g/mol. The second-order valence-electron chi connectivity index (χ2n) is 4.44. The number of nitrogens with one attached hydrogen (secondary N) is 1. The van der Waals surface area contributed by atoms with E-state index in [9.17, 15) is 4.79 Å². The normalized spacial score (nSPS) is 16.1. The molecule has 0 aliphatic carbocycles.